The van der Waals surface area contributed by atoms with Crippen molar-refractivity contribution in [3.63, 3.8) is 0 Å². The van der Waals surface area contributed by atoms with E-state index >= 15 is 0 Å². The fraction of sp³-hybridized carbons (Fsp3) is 0.533. The third kappa shape index (κ3) is 7.57. The van der Waals surface area contributed by atoms with Gasteiger partial charge in [-0.25, -0.2) is 4.99 Å². The van der Waals surface area contributed by atoms with Gasteiger partial charge in [0.25, 0.3) is 0 Å². The summed E-state index contributed by atoms with van der Waals surface area (Å²) in [5.41, 5.74) is 6.61. The van der Waals surface area contributed by atoms with Gasteiger partial charge in [-0.3, -0.25) is 0 Å². The van der Waals surface area contributed by atoms with Crippen molar-refractivity contribution < 1.29 is 4.74 Å². The highest BCUT2D eigenvalue weighted by molar-refractivity contribution is 14.0. The summed E-state index contributed by atoms with van der Waals surface area (Å²) in [5, 5.41) is 3.07. The van der Waals surface area contributed by atoms with Gasteiger partial charge in [0.05, 0.1) is 6.54 Å². The molecule has 0 aliphatic rings. The monoisotopic (exact) mass is 391 g/mol. The van der Waals surface area contributed by atoms with E-state index in [1.807, 2.05) is 58.9 Å². The van der Waals surface area contributed by atoms with Crippen molar-refractivity contribution in [3.05, 3.63) is 29.8 Å². The average molecular weight is 391 g/mol. The zero-order chi connectivity index (χ0) is 14.5. The molecule has 0 saturated heterocycles. The van der Waals surface area contributed by atoms with Crippen LogP contribution in [0.5, 0.6) is 5.75 Å². The molecule has 0 aromatic heterocycles. The Morgan fingerprint density at radius 2 is 1.90 bits per heavy atom. The van der Waals surface area contributed by atoms with E-state index in [1.165, 1.54) is 0 Å². The summed E-state index contributed by atoms with van der Waals surface area (Å²) in [7, 11) is 0. The van der Waals surface area contributed by atoms with Gasteiger partial charge in [-0.05, 0) is 40.7 Å². The molecule has 5 heteroatoms. The number of benzene rings is 1. The van der Waals surface area contributed by atoms with Crippen LogP contribution in [0.25, 0.3) is 0 Å². The van der Waals surface area contributed by atoms with Crippen molar-refractivity contribution in [2.75, 3.05) is 0 Å². The first-order valence-corrected chi connectivity index (χ1v) is 6.61. The Bertz CT molecular complexity index is 439. The number of ether oxygens (including phenoxy) is 1. The number of aliphatic imine (C=N–C) groups is 1. The number of para-hydroxylation sites is 1. The fourth-order valence-electron chi connectivity index (χ4n) is 1.58. The Balaban J connectivity index is 0.00000361. The molecule has 1 rings (SSSR count). The Hall–Kier alpha value is -0.980. The van der Waals surface area contributed by atoms with Crippen LogP contribution in [-0.4, -0.2) is 17.6 Å². The second-order valence-corrected chi connectivity index (χ2v) is 5.82. The molecule has 1 aromatic carbocycles. The van der Waals surface area contributed by atoms with E-state index in [2.05, 4.69) is 10.3 Å². The second-order valence-electron chi connectivity index (χ2n) is 5.82. The van der Waals surface area contributed by atoms with E-state index in [1.54, 1.807) is 0 Å². The number of nitrogens with zero attached hydrogens (tertiary/aromatic N) is 1. The summed E-state index contributed by atoms with van der Waals surface area (Å²) in [6.45, 7) is 10.7. The third-order valence-electron chi connectivity index (χ3n) is 2.25. The Morgan fingerprint density at radius 1 is 1.30 bits per heavy atom. The highest BCUT2D eigenvalue weighted by Crippen LogP contribution is 2.23. The van der Waals surface area contributed by atoms with Gasteiger partial charge in [0.1, 0.15) is 11.4 Å². The maximum absolute atomic E-state index is 5.92. The normalized spacial score (nSPS) is 12.0. The van der Waals surface area contributed by atoms with E-state index in [4.69, 9.17) is 10.5 Å². The lowest BCUT2D eigenvalue weighted by atomic mass is 10.1. The highest BCUT2D eigenvalue weighted by atomic mass is 127. The molecule has 20 heavy (non-hydrogen) atoms. The fourth-order valence-corrected chi connectivity index (χ4v) is 1.58. The van der Waals surface area contributed by atoms with Crippen molar-refractivity contribution in [1.29, 1.82) is 0 Å². The van der Waals surface area contributed by atoms with Crippen molar-refractivity contribution in [3.8, 4) is 5.75 Å². The predicted molar refractivity (Wildman–Crippen MR) is 95.8 cm³/mol. The summed E-state index contributed by atoms with van der Waals surface area (Å²) >= 11 is 0. The third-order valence-corrected chi connectivity index (χ3v) is 2.25. The minimum atomic E-state index is -0.221. The summed E-state index contributed by atoms with van der Waals surface area (Å²) in [5.74, 6) is 1.32. The lowest BCUT2D eigenvalue weighted by molar-refractivity contribution is 0.129. The van der Waals surface area contributed by atoms with Gasteiger partial charge in [-0.2, -0.15) is 0 Å². The van der Waals surface area contributed by atoms with Crippen molar-refractivity contribution >= 4 is 29.9 Å². The largest absolute Gasteiger partial charge is 0.488 e. The molecule has 114 valence electrons. The van der Waals surface area contributed by atoms with Crippen molar-refractivity contribution in [2.45, 2.75) is 52.8 Å². The molecular weight excluding hydrogens is 365 g/mol. The Kier molecular flexibility index (Phi) is 7.93. The summed E-state index contributed by atoms with van der Waals surface area (Å²) in [4.78, 5) is 4.33. The Labute approximate surface area is 139 Å². The van der Waals surface area contributed by atoms with Crippen LogP contribution < -0.4 is 15.8 Å². The number of hydrogen-bond donors (Lipinski definition) is 2. The first-order chi connectivity index (χ1) is 8.78. The number of nitrogens with two attached hydrogens (primary N) is 1. The molecule has 0 aliphatic heterocycles. The van der Waals surface area contributed by atoms with Crippen LogP contribution >= 0.6 is 24.0 Å². The van der Waals surface area contributed by atoms with Crippen LogP contribution in [-0.2, 0) is 6.54 Å². The van der Waals surface area contributed by atoms with Crippen LogP contribution in [0.1, 0.15) is 40.2 Å². The second kappa shape index (κ2) is 8.34. The molecule has 0 bridgehead atoms. The summed E-state index contributed by atoms with van der Waals surface area (Å²) in [6.07, 6.45) is 0. The van der Waals surface area contributed by atoms with Crippen molar-refractivity contribution in [2.24, 2.45) is 10.7 Å². The molecule has 3 N–H and O–H groups in total. The van der Waals surface area contributed by atoms with E-state index in [9.17, 15) is 0 Å². The molecule has 0 unspecified atom stereocenters. The van der Waals surface area contributed by atoms with Gasteiger partial charge in [0.2, 0.25) is 0 Å². The quantitative estimate of drug-likeness (QED) is 0.471. The molecule has 0 fully saturated rings. The van der Waals surface area contributed by atoms with Crippen LogP contribution in [0.3, 0.4) is 0 Å². The maximum atomic E-state index is 5.92. The molecule has 0 heterocycles. The minimum absolute atomic E-state index is 0. The molecule has 0 aliphatic carbocycles. The number of hydrogen-bond acceptors (Lipinski definition) is 2. The van der Waals surface area contributed by atoms with E-state index in [0.717, 1.165) is 11.3 Å². The zero-order valence-corrected chi connectivity index (χ0v) is 15.3. The van der Waals surface area contributed by atoms with Crippen LogP contribution in [0, 0.1) is 0 Å². The van der Waals surface area contributed by atoms with E-state index in [-0.39, 0.29) is 35.6 Å². The summed E-state index contributed by atoms with van der Waals surface area (Å²) < 4.78 is 5.92. The van der Waals surface area contributed by atoms with Gasteiger partial charge >= 0.3 is 0 Å². The van der Waals surface area contributed by atoms with Gasteiger partial charge in [0.15, 0.2) is 5.96 Å². The average Bonchev–Trinajstić information content (AvgIpc) is 2.25. The van der Waals surface area contributed by atoms with Gasteiger partial charge in [0, 0.05) is 11.6 Å². The zero-order valence-electron chi connectivity index (χ0n) is 12.9. The SMILES string of the molecule is CC(C)NC(N)=NCc1ccccc1OC(C)(C)C.I. The first-order valence-electron chi connectivity index (χ1n) is 6.61. The predicted octanol–water partition coefficient (Wildman–Crippen LogP) is 3.29. The number of rotatable bonds is 4. The highest BCUT2D eigenvalue weighted by Gasteiger charge is 2.14. The van der Waals surface area contributed by atoms with E-state index in [0.29, 0.717) is 12.5 Å². The smallest absolute Gasteiger partial charge is 0.189 e. The number of nitrogens with one attached hydrogen (secondary N) is 1. The molecule has 0 spiro atoms. The van der Waals surface area contributed by atoms with Crippen molar-refractivity contribution in [1.82, 2.24) is 5.32 Å². The lowest BCUT2D eigenvalue weighted by Crippen LogP contribution is -2.36. The van der Waals surface area contributed by atoms with Gasteiger partial charge in [-0.15, -0.1) is 24.0 Å². The standard InChI is InChI=1S/C15H25N3O.HI/c1-11(2)18-14(16)17-10-12-8-6-7-9-13(12)19-15(3,4)5;/h6-9,11H,10H2,1-5H3,(H3,16,17,18);1H. The van der Waals surface area contributed by atoms with Crippen LogP contribution in [0.2, 0.25) is 0 Å². The maximum Gasteiger partial charge on any atom is 0.189 e. The molecule has 1 aromatic rings. The minimum Gasteiger partial charge on any atom is -0.488 e. The van der Waals surface area contributed by atoms with Crippen LogP contribution in [0.4, 0.5) is 0 Å². The Morgan fingerprint density at radius 3 is 2.45 bits per heavy atom. The molecule has 0 saturated carbocycles. The molecular formula is C15H26IN3O. The topological polar surface area (TPSA) is 59.6 Å². The summed E-state index contributed by atoms with van der Waals surface area (Å²) in [6, 6.07) is 8.19. The number of guanidine groups is 1. The molecule has 0 amide bonds. The molecule has 0 radical (unpaired) electrons. The molecule has 0 atom stereocenters. The van der Waals surface area contributed by atoms with E-state index < -0.39 is 0 Å². The van der Waals surface area contributed by atoms with Crippen LogP contribution in [0.15, 0.2) is 29.3 Å². The first kappa shape index (κ1) is 19.0. The van der Waals surface area contributed by atoms with Gasteiger partial charge in [-0.1, -0.05) is 18.2 Å². The lowest BCUT2D eigenvalue weighted by Gasteiger charge is -2.23. The molecule has 4 nitrogen and oxygen atoms in total. The number of halogens is 1. The van der Waals surface area contributed by atoms with Gasteiger partial charge < -0.3 is 15.8 Å².